The van der Waals surface area contributed by atoms with Crippen molar-refractivity contribution in [3.63, 3.8) is 0 Å². The van der Waals surface area contributed by atoms with E-state index in [0.29, 0.717) is 12.1 Å². The molecular weight excluding hydrogens is 328 g/mol. The summed E-state index contributed by atoms with van der Waals surface area (Å²) in [5.74, 6) is -0.302. The van der Waals surface area contributed by atoms with Gasteiger partial charge < -0.3 is 10.1 Å². The number of aromatic nitrogens is 1. The highest BCUT2D eigenvalue weighted by Crippen LogP contribution is 2.16. The number of rotatable bonds is 5. The summed E-state index contributed by atoms with van der Waals surface area (Å²) >= 11 is 0. The van der Waals surface area contributed by atoms with E-state index in [1.165, 1.54) is 18.5 Å². The number of carbonyl (C=O) groups excluding carboxylic acids is 1. The van der Waals surface area contributed by atoms with Gasteiger partial charge in [-0.3, -0.25) is 4.79 Å². The fourth-order valence-electron chi connectivity index (χ4n) is 2.61. The number of carbonyl (C=O) groups is 1. The van der Waals surface area contributed by atoms with E-state index >= 15 is 0 Å². The average Bonchev–Trinajstić information content (AvgIpc) is 3.25. The monoisotopic (exact) mass is 348 g/mol. The van der Waals surface area contributed by atoms with Crippen LogP contribution in [0.2, 0.25) is 0 Å². The van der Waals surface area contributed by atoms with Gasteiger partial charge in [-0.25, -0.2) is 12.4 Å². The number of aryl methyl sites for hydroxylation is 1. The molecule has 1 atom stereocenters. The van der Waals surface area contributed by atoms with Gasteiger partial charge in [-0.05, 0) is 38.0 Å². The lowest BCUT2D eigenvalue weighted by atomic mass is 10.2. The minimum Gasteiger partial charge on any atom is -0.376 e. The molecule has 128 valence electrons. The minimum atomic E-state index is -3.69. The molecule has 6 nitrogen and oxygen atoms in total. The van der Waals surface area contributed by atoms with E-state index in [-0.39, 0.29) is 16.9 Å². The van der Waals surface area contributed by atoms with Crippen molar-refractivity contribution in [3.8, 4) is 0 Å². The Kier molecular flexibility index (Phi) is 4.73. The molecule has 1 fully saturated rings. The molecule has 1 amide bonds. The Labute approximate surface area is 141 Å². The van der Waals surface area contributed by atoms with E-state index in [1.54, 1.807) is 24.3 Å². The molecule has 1 N–H and O–H groups in total. The molecular formula is C17H20N2O4S. The summed E-state index contributed by atoms with van der Waals surface area (Å²) in [7, 11) is -3.69. The zero-order valence-electron chi connectivity index (χ0n) is 13.4. The van der Waals surface area contributed by atoms with Gasteiger partial charge in [0.2, 0.25) is 0 Å². The molecule has 1 aromatic heterocycles. The first-order valence-electron chi connectivity index (χ1n) is 7.87. The maximum absolute atomic E-state index is 12.6. The van der Waals surface area contributed by atoms with E-state index in [0.717, 1.165) is 29.0 Å². The first-order valence-corrected chi connectivity index (χ1v) is 9.31. The van der Waals surface area contributed by atoms with Gasteiger partial charge in [0.05, 0.1) is 16.6 Å². The van der Waals surface area contributed by atoms with Crippen LogP contribution in [-0.4, -0.2) is 37.6 Å². The number of nitrogens with one attached hydrogen (secondary N) is 1. The predicted octanol–water partition coefficient (Wildman–Crippen LogP) is 1.94. The van der Waals surface area contributed by atoms with E-state index < -0.39 is 10.0 Å². The second-order valence-corrected chi connectivity index (χ2v) is 7.74. The van der Waals surface area contributed by atoms with Crippen molar-refractivity contribution in [2.45, 2.75) is 30.8 Å². The number of ether oxygens (including phenoxy) is 1. The topological polar surface area (TPSA) is 77.4 Å². The van der Waals surface area contributed by atoms with Crippen molar-refractivity contribution in [1.82, 2.24) is 9.29 Å². The minimum absolute atomic E-state index is 0.0485. The maximum Gasteiger partial charge on any atom is 0.267 e. The van der Waals surface area contributed by atoms with Gasteiger partial charge in [0.25, 0.3) is 15.9 Å². The Morgan fingerprint density at radius 1 is 1.29 bits per heavy atom. The van der Waals surface area contributed by atoms with Crippen LogP contribution in [0.15, 0.2) is 47.6 Å². The molecule has 0 aliphatic carbocycles. The van der Waals surface area contributed by atoms with Crippen LogP contribution in [0.1, 0.15) is 28.8 Å². The van der Waals surface area contributed by atoms with Crippen molar-refractivity contribution < 1.29 is 17.9 Å². The summed E-state index contributed by atoms with van der Waals surface area (Å²) in [6.07, 6.45) is 4.71. The zero-order chi connectivity index (χ0) is 17.2. The van der Waals surface area contributed by atoms with Crippen molar-refractivity contribution in [2.24, 2.45) is 0 Å². The molecule has 1 aromatic carbocycles. The Bertz CT molecular complexity index is 819. The lowest BCUT2D eigenvalue weighted by Gasteiger charge is -2.10. The predicted molar refractivity (Wildman–Crippen MR) is 89.5 cm³/mol. The first-order chi connectivity index (χ1) is 11.5. The van der Waals surface area contributed by atoms with E-state index in [9.17, 15) is 13.2 Å². The van der Waals surface area contributed by atoms with E-state index in [1.807, 2.05) is 6.92 Å². The number of hydrogen-bond donors (Lipinski definition) is 1. The summed E-state index contributed by atoms with van der Waals surface area (Å²) in [6, 6.07) is 8.09. The molecule has 0 spiro atoms. The van der Waals surface area contributed by atoms with Crippen LogP contribution in [0.3, 0.4) is 0 Å². The smallest absolute Gasteiger partial charge is 0.267 e. The summed E-state index contributed by atoms with van der Waals surface area (Å²) in [4.78, 5) is 12.3. The molecule has 7 heteroatoms. The first kappa shape index (κ1) is 16.7. The van der Waals surface area contributed by atoms with Gasteiger partial charge >= 0.3 is 0 Å². The van der Waals surface area contributed by atoms with E-state index in [4.69, 9.17) is 4.74 Å². The van der Waals surface area contributed by atoms with Crippen LogP contribution in [0.4, 0.5) is 0 Å². The Balaban J connectivity index is 1.72. The fourth-order valence-corrected chi connectivity index (χ4v) is 3.80. The second kappa shape index (κ2) is 6.78. The number of benzene rings is 1. The molecule has 1 aliphatic rings. The molecule has 1 saturated heterocycles. The van der Waals surface area contributed by atoms with E-state index in [2.05, 4.69) is 5.32 Å². The normalized spacial score (nSPS) is 17.8. The Morgan fingerprint density at radius 3 is 2.71 bits per heavy atom. The number of nitrogens with zero attached hydrogens (tertiary/aromatic N) is 1. The zero-order valence-corrected chi connectivity index (χ0v) is 14.3. The molecule has 3 rings (SSSR count). The van der Waals surface area contributed by atoms with Crippen LogP contribution >= 0.6 is 0 Å². The van der Waals surface area contributed by atoms with Gasteiger partial charge in [0, 0.05) is 25.5 Å². The van der Waals surface area contributed by atoms with Crippen molar-refractivity contribution in [1.29, 1.82) is 0 Å². The molecule has 24 heavy (non-hydrogen) atoms. The highest BCUT2D eigenvalue weighted by Gasteiger charge is 2.20. The number of hydrogen-bond acceptors (Lipinski definition) is 4. The quantitative estimate of drug-likeness (QED) is 0.896. The summed E-state index contributed by atoms with van der Waals surface area (Å²) < 4.78 is 31.6. The highest BCUT2D eigenvalue weighted by atomic mass is 32.2. The van der Waals surface area contributed by atoms with Crippen molar-refractivity contribution in [3.05, 3.63) is 53.9 Å². The molecule has 2 heterocycles. The second-order valence-electron chi connectivity index (χ2n) is 5.89. The van der Waals surface area contributed by atoms with Crippen LogP contribution in [0.5, 0.6) is 0 Å². The van der Waals surface area contributed by atoms with Gasteiger partial charge in [-0.15, -0.1) is 0 Å². The molecule has 1 aliphatic heterocycles. The lowest BCUT2D eigenvalue weighted by molar-refractivity contribution is 0.0858. The molecule has 0 saturated carbocycles. The van der Waals surface area contributed by atoms with Crippen molar-refractivity contribution >= 4 is 15.9 Å². The summed E-state index contributed by atoms with van der Waals surface area (Å²) in [5, 5.41) is 2.78. The van der Waals surface area contributed by atoms with Crippen LogP contribution in [0, 0.1) is 6.92 Å². The summed E-state index contributed by atoms with van der Waals surface area (Å²) in [6.45, 7) is 3.06. The molecule has 0 bridgehead atoms. The largest absolute Gasteiger partial charge is 0.376 e. The summed E-state index contributed by atoms with van der Waals surface area (Å²) in [5.41, 5.74) is 1.29. The third-order valence-electron chi connectivity index (χ3n) is 4.04. The highest BCUT2D eigenvalue weighted by molar-refractivity contribution is 7.90. The maximum atomic E-state index is 12.6. The molecule has 2 aromatic rings. The SMILES string of the molecule is Cc1ccc(S(=O)(=O)n2ccc(C(=O)NCC3CCCO3)c2)cc1. The Morgan fingerprint density at radius 2 is 2.04 bits per heavy atom. The third-order valence-corrected chi connectivity index (χ3v) is 5.69. The lowest BCUT2D eigenvalue weighted by Crippen LogP contribution is -2.31. The van der Waals surface area contributed by atoms with Crippen LogP contribution in [0.25, 0.3) is 0 Å². The van der Waals surface area contributed by atoms with Crippen LogP contribution in [-0.2, 0) is 14.8 Å². The van der Waals surface area contributed by atoms with Gasteiger partial charge in [0.15, 0.2) is 0 Å². The van der Waals surface area contributed by atoms with Crippen molar-refractivity contribution in [2.75, 3.05) is 13.2 Å². The van der Waals surface area contributed by atoms with Gasteiger partial charge in [0.1, 0.15) is 0 Å². The van der Waals surface area contributed by atoms with Gasteiger partial charge in [-0.1, -0.05) is 17.7 Å². The number of amides is 1. The molecule has 1 unspecified atom stereocenters. The molecule has 0 radical (unpaired) electrons. The fraction of sp³-hybridized carbons (Fsp3) is 0.353. The van der Waals surface area contributed by atoms with Gasteiger partial charge in [-0.2, -0.15) is 0 Å². The average molecular weight is 348 g/mol. The standard InChI is InChI=1S/C17H20N2O4S/c1-13-4-6-16(7-5-13)24(21,22)19-9-8-14(12-19)17(20)18-11-15-3-2-10-23-15/h4-9,12,15H,2-3,10-11H2,1H3,(H,18,20). The van der Waals surface area contributed by atoms with Crippen LogP contribution < -0.4 is 5.32 Å². The Hall–Kier alpha value is -2.12. The third kappa shape index (κ3) is 3.52.